The van der Waals surface area contributed by atoms with Crippen molar-refractivity contribution in [2.75, 3.05) is 23.7 Å². The summed E-state index contributed by atoms with van der Waals surface area (Å²) < 4.78 is 0. The number of nitrogens with two attached hydrogens (primary N) is 2. The number of likely N-dealkylation sites (tertiary alicyclic amines) is 2. The SMILES string of the molecule is Cc1cccc(NC(=O)C2CCCN2C(=O)C(CC(N)=O)NC(=O)C2CCC(=O)N2)c1.NC(=O)CC(NC(=O)C1CCC(=O)N1)C(=O)N1CCCC1C(=O)Nc1nccs1. The van der Waals surface area contributed by atoms with Gasteiger partial charge in [0.15, 0.2) is 5.13 Å². The smallest absolute Gasteiger partial charge is 0.248 e. The lowest BCUT2D eigenvalue weighted by molar-refractivity contribution is -0.141. The third-order valence-corrected chi connectivity index (χ3v) is 11.0. The molecule has 6 rings (SSSR count). The molecule has 4 aliphatic heterocycles. The standard InChI is InChI=1S/C21H27N5O5.C17H22N6O5S/c1-12-4-2-5-13(10-12)23-20(30)16-6-3-9-26(16)21(31)15(11-17(22)27)25-19(29)14-7-8-18(28)24-14;18-12(24)8-10(21-14(26)9-3-4-13(25)20-9)16(28)23-6-1-2-11(23)15(27)22-17-19-5-7-29-17/h2,4-5,10,14-16H,3,6-9,11H2,1H3,(H2,22,27)(H,23,30)(H,24,28)(H,25,29);5,7,9-11H,1-4,6,8H2,(H2,18,24)(H,20,25)(H,21,26)(H,19,22,27). The number of carbonyl (C=O) groups excluding carboxylic acids is 10. The molecular weight excluding hydrogens is 803 g/mol. The maximum atomic E-state index is 13.2. The fourth-order valence-corrected chi connectivity index (χ4v) is 7.93. The van der Waals surface area contributed by atoms with Crippen molar-refractivity contribution in [3.05, 3.63) is 41.4 Å². The highest BCUT2D eigenvalue weighted by molar-refractivity contribution is 7.13. The van der Waals surface area contributed by atoms with Gasteiger partial charge in [-0.05, 0) is 63.1 Å². The number of aromatic nitrogens is 1. The lowest BCUT2D eigenvalue weighted by Gasteiger charge is -2.29. The molecule has 322 valence electrons. The summed E-state index contributed by atoms with van der Waals surface area (Å²) in [5.74, 6) is -4.93. The Balaban J connectivity index is 0.000000228. The van der Waals surface area contributed by atoms with Crippen LogP contribution in [0.3, 0.4) is 0 Å². The van der Waals surface area contributed by atoms with Crippen LogP contribution in [0.2, 0.25) is 0 Å². The van der Waals surface area contributed by atoms with E-state index in [9.17, 15) is 47.9 Å². The molecule has 21 nitrogen and oxygen atoms in total. The molecule has 0 radical (unpaired) electrons. The Hall–Kier alpha value is -6.45. The number of carbonyl (C=O) groups is 10. The zero-order valence-corrected chi connectivity index (χ0v) is 33.7. The molecule has 1 aromatic carbocycles. The molecule has 2 aromatic rings. The number of amides is 10. The fourth-order valence-electron chi connectivity index (χ4n) is 7.40. The molecule has 0 aliphatic carbocycles. The monoisotopic (exact) mass is 851 g/mol. The zero-order valence-electron chi connectivity index (χ0n) is 32.9. The minimum Gasteiger partial charge on any atom is -0.370 e. The van der Waals surface area contributed by atoms with Gasteiger partial charge >= 0.3 is 0 Å². The minimum absolute atomic E-state index is 0.220. The first-order chi connectivity index (χ1) is 28.6. The summed E-state index contributed by atoms with van der Waals surface area (Å²) >= 11 is 1.26. The second-order valence-corrected chi connectivity index (χ2v) is 15.7. The molecule has 0 saturated carbocycles. The lowest BCUT2D eigenvalue weighted by atomic mass is 10.1. The maximum absolute atomic E-state index is 13.2. The van der Waals surface area contributed by atoms with E-state index < -0.39 is 84.5 Å². The number of primary amides is 2. The van der Waals surface area contributed by atoms with Crippen molar-refractivity contribution in [3.63, 3.8) is 0 Å². The summed E-state index contributed by atoms with van der Waals surface area (Å²) in [5.41, 5.74) is 12.1. The van der Waals surface area contributed by atoms with E-state index in [-0.39, 0.29) is 36.5 Å². The number of thiazole rings is 1. The highest BCUT2D eigenvalue weighted by Gasteiger charge is 2.41. The van der Waals surface area contributed by atoms with E-state index in [0.717, 1.165) is 5.56 Å². The van der Waals surface area contributed by atoms with Crippen LogP contribution in [0.5, 0.6) is 0 Å². The second kappa shape index (κ2) is 20.5. The molecule has 4 fully saturated rings. The topological polar surface area (TPSA) is 314 Å². The number of hydrogen-bond donors (Lipinski definition) is 8. The molecule has 10 N–H and O–H groups in total. The molecule has 6 atom stereocenters. The highest BCUT2D eigenvalue weighted by atomic mass is 32.1. The Labute approximate surface area is 348 Å². The quantitative estimate of drug-likeness (QED) is 0.106. The predicted molar refractivity (Wildman–Crippen MR) is 214 cm³/mol. The highest BCUT2D eigenvalue weighted by Crippen LogP contribution is 2.23. The first-order valence-electron chi connectivity index (χ1n) is 19.5. The van der Waals surface area contributed by atoms with Gasteiger partial charge < -0.3 is 53.2 Å². The van der Waals surface area contributed by atoms with Crippen LogP contribution in [0.4, 0.5) is 10.8 Å². The number of benzene rings is 1. The number of aryl methyl sites for hydroxylation is 1. The molecule has 5 heterocycles. The molecular formula is C38H49N11O10S. The van der Waals surface area contributed by atoms with Gasteiger partial charge in [0, 0.05) is 43.2 Å². The average molecular weight is 852 g/mol. The number of hydrogen-bond acceptors (Lipinski definition) is 12. The molecule has 60 heavy (non-hydrogen) atoms. The van der Waals surface area contributed by atoms with Crippen LogP contribution in [0, 0.1) is 6.92 Å². The Morgan fingerprint density at radius 3 is 1.67 bits per heavy atom. The predicted octanol–water partition coefficient (Wildman–Crippen LogP) is -1.73. The van der Waals surface area contributed by atoms with Crippen molar-refractivity contribution in [1.29, 1.82) is 0 Å². The molecule has 10 amide bonds. The summed E-state index contributed by atoms with van der Waals surface area (Å²) in [6, 6.07) is 1.95. The van der Waals surface area contributed by atoms with Crippen molar-refractivity contribution in [1.82, 2.24) is 36.1 Å². The molecule has 4 saturated heterocycles. The lowest BCUT2D eigenvalue weighted by Crippen LogP contribution is -2.56. The summed E-state index contributed by atoms with van der Waals surface area (Å²) in [6.07, 6.45) is 3.98. The Morgan fingerprint density at radius 1 is 0.750 bits per heavy atom. The van der Waals surface area contributed by atoms with E-state index in [1.807, 2.05) is 25.1 Å². The van der Waals surface area contributed by atoms with Gasteiger partial charge in [-0.1, -0.05) is 12.1 Å². The summed E-state index contributed by atoms with van der Waals surface area (Å²) in [6.45, 7) is 2.56. The molecule has 0 spiro atoms. The summed E-state index contributed by atoms with van der Waals surface area (Å²) in [4.78, 5) is 129. The van der Waals surface area contributed by atoms with Crippen molar-refractivity contribution in [2.24, 2.45) is 11.5 Å². The average Bonchev–Trinajstić information content (AvgIpc) is 4.04. The van der Waals surface area contributed by atoms with Crippen LogP contribution in [0.15, 0.2) is 35.8 Å². The number of rotatable bonds is 14. The van der Waals surface area contributed by atoms with Crippen molar-refractivity contribution in [3.8, 4) is 0 Å². The van der Waals surface area contributed by atoms with E-state index in [1.54, 1.807) is 17.6 Å². The van der Waals surface area contributed by atoms with Gasteiger partial charge in [0.1, 0.15) is 36.3 Å². The first-order valence-corrected chi connectivity index (χ1v) is 20.4. The van der Waals surface area contributed by atoms with Gasteiger partial charge in [-0.2, -0.15) is 0 Å². The summed E-state index contributed by atoms with van der Waals surface area (Å²) in [5, 5.41) is 17.7. The van der Waals surface area contributed by atoms with Crippen molar-refractivity contribution < 1.29 is 47.9 Å². The zero-order chi connectivity index (χ0) is 43.5. The van der Waals surface area contributed by atoms with Gasteiger partial charge in [-0.3, -0.25) is 47.9 Å². The van der Waals surface area contributed by atoms with Crippen LogP contribution in [0.25, 0.3) is 0 Å². The van der Waals surface area contributed by atoms with E-state index in [1.165, 1.54) is 21.1 Å². The Bertz CT molecular complexity index is 2000. The fraction of sp³-hybridized carbons (Fsp3) is 0.500. The second-order valence-electron chi connectivity index (χ2n) is 14.8. The largest absolute Gasteiger partial charge is 0.370 e. The van der Waals surface area contributed by atoms with Crippen LogP contribution in [-0.4, -0.2) is 123 Å². The van der Waals surface area contributed by atoms with E-state index in [0.29, 0.717) is 62.4 Å². The van der Waals surface area contributed by atoms with Crippen LogP contribution >= 0.6 is 11.3 Å². The number of nitrogens with zero attached hydrogens (tertiary/aromatic N) is 3. The van der Waals surface area contributed by atoms with E-state index in [2.05, 4.69) is 36.9 Å². The minimum atomic E-state index is -1.20. The van der Waals surface area contributed by atoms with E-state index in [4.69, 9.17) is 11.5 Å². The number of nitrogens with one attached hydrogen (secondary N) is 6. The third-order valence-electron chi connectivity index (χ3n) is 10.3. The van der Waals surface area contributed by atoms with Crippen LogP contribution < -0.4 is 43.4 Å². The van der Waals surface area contributed by atoms with Gasteiger partial charge in [0.05, 0.1) is 12.8 Å². The van der Waals surface area contributed by atoms with E-state index >= 15 is 0 Å². The normalized spacial score (nSPS) is 21.7. The van der Waals surface area contributed by atoms with Gasteiger partial charge in [0.25, 0.3) is 0 Å². The van der Waals surface area contributed by atoms with Gasteiger partial charge in [-0.15, -0.1) is 11.3 Å². The van der Waals surface area contributed by atoms with Crippen molar-refractivity contribution >= 4 is 81.2 Å². The first kappa shape index (κ1) is 44.6. The van der Waals surface area contributed by atoms with Crippen molar-refractivity contribution in [2.45, 2.75) is 107 Å². The molecule has 22 heteroatoms. The Kier molecular flexibility index (Phi) is 15.2. The maximum Gasteiger partial charge on any atom is 0.248 e. The van der Waals surface area contributed by atoms with Gasteiger partial charge in [0.2, 0.25) is 59.1 Å². The number of anilines is 2. The van der Waals surface area contributed by atoms with Gasteiger partial charge in [-0.25, -0.2) is 4.98 Å². The molecule has 6 unspecified atom stereocenters. The molecule has 4 aliphatic rings. The summed E-state index contributed by atoms with van der Waals surface area (Å²) in [7, 11) is 0. The van der Waals surface area contributed by atoms with Crippen LogP contribution in [-0.2, 0) is 47.9 Å². The third kappa shape index (κ3) is 12.1. The molecule has 1 aromatic heterocycles. The molecule has 0 bridgehead atoms. The van der Waals surface area contributed by atoms with Crippen LogP contribution in [0.1, 0.15) is 69.8 Å². The Morgan fingerprint density at radius 2 is 1.25 bits per heavy atom.